The number of hydrogen-bond acceptors (Lipinski definition) is 2. The largest absolute Gasteiger partial charge is 0.377 e. The van der Waals surface area contributed by atoms with Crippen LogP contribution in [0.5, 0.6) is 0 Å². The van der Waals surface area contributed by atoms with Crippen LogP contribution in [0.3, 0.4) is 0 Å². The molecule has 2 heterocycles. The molecule has 78 valence electrons. The van der Waals surface area contributed by atoms with E-state index in [0.29, 0.717) is 6.10 Å². The molecule has 2 aliphatic heterocycles. The van der Waals surface area contributed by atoms with Crippen LogP contribution in [-0.2, 0) is 9.47 Å². The molecular formula is C12H18O2. The van der Waals surface area contributed by atoms with Crippen LogP contribution in [0.15, 0.2) is 22.8 Å². The maximum atomic E-state index is 5.77. The molecule has 0 N–H and O–H groups in total. The van der Waals surface area contributed by atoms with Crippen molar-refractivity contribution in [1.82, 2.24) is 0 Å². The van der Waals surface area contributed by atoms with Gasteiger partial charge in [0.2, 0.25) is 0 Å². The number of rotatable bonds is 1. The zero-order chi connectivity index (χ0) is 9.97. The highest BCUT2D eigenvalue weighted by Crippen LogP contribution is 2.27. The lowest BCUT2D eigenvalue weighted by Gasteiger charge is -2.28. The van der Waals surface area contributed by atoms with Crippen LogP contribution < -0.4 is 0 Å². The highest BCUT2D eigenvalue weighted by Gasteiger charge is 2.22. The molecule has 0 radical (unpaired) electrons. The predicted octanol–water partition coefficient (Wildman–Crippen LogP) is 2.46. The molecule has 0 bridgehead atoms. The Kier molecular flexibility index (Phi) is 3.04. The van der Waals surface area contributed by atoms with Gasteiger partial charge in [-0.1, -0.05) is 11.6 Å². The van der Waals surface area contributed by atoms with Crippen molar-refractivity contribution in [3.63, 3.8) is 0 Å². The molecule has 2 rings (SSSR count). The summed E-state index contributed by atoms with van der Waals surface area (Å²) < 4.78 is 11.2. The predicted molar refractivity (Wildman–Crippen MR) is 56.3 cm³/mol. The molecule has 0 aliphatic carbocycles. The third kappa shape index (κ3) is 2.07. The number of hydrogen-bond donors (Lipinski definition) is 0. The van der Waals surface area contributed by atoms with Crippen molar-refractivity contribution in [2.24, 2.45) is 0 Å². The zero-order valence-electron chi connectivity index (χ0n) is 9.01. The third-order valence-corrected chi connectivity index (χ3v) is 3.01. The second-order valence-electron chi connectivity index (χ2n) is 4.18. The normalized spacial score (nSPS) is 29.0. The van der Waals surface area contributed by atoms with E-state index in [2.05, 4.69) is 19.9 Å². The highest BCUT2D eigenvalue weighted by molar-refractivity contribution is 5.23. The first-order valence-electron chi connectivity index (χ1n) is 5.31. The standard InChI is InChI=1S/C12H18O2/c1-9-3-6-14-12(7-9)11-4-5-13-8-10(11)2/h3,12H,4-8H2,1-2H3. The van der Waals surface area contributed by atoms with E-state index in [9.17, 15) is 0 Å². The molecule has 0 aromatic rings. The van der Waals surface area contributed by atoms with Crippen molar-refractivity contribution in [3.8, 4) is 0 Å². The summed E-state index contributed by atoms with van der Waals surface area (Å²) in [5.74, 6) is 0. The minimum absolute atomic E-state index is 0.323. The van der Waals surface area contributed by atoms with E-state index in [1.807, 2.05) is 0 Å². The lowest BCUT2D eigenvalue weighted by molar-refractivity contribution is 0.0715. The maximum absolute atomic E-state index is 5.77. The fourth-order valence-corrected chi connectivity index (χ4v) is 2.11. The summed E-state index contributed by atoms with van der Waals surface area (Å²) in [4.78, 5) is 0. The van der Waals surface area contributed by atoms with Gasteiger partial charge in [0.25, 0.3) is 0 Å². The van der Waals surface area contributed by atoms with Crippen molar-refractivity contribution in [2.75, 3.05) is 19.8 Å². The highest BCUT2D eigenvalue weighted by atomic mass is 16.5. The van der Waals surface area contributed by atoms with Crippen LogP contribution in [0.4, 0.5) is 0 Å². The molecule has 0 aromatic carbocycles. The quantitative estimate of drug-likeness (QED) is 0.597. The summed E-state index contributed by atoms with van der Waals surface area (Å²) in [7, 11) is 0. The monoisotopic (exact) mass is 194 g/mol. The summed E-state index contributed by atoms with van der Waals surface area (Å²) in [6.45, 7) is 6.76. The minimum Gasteiger partial charge on any atom is -0.377 e. The Morgan fingerprint density at radius 2 is 2.21 bits per heavy atom. The second kappa shape index (κ2) is 4.28. The summed E-state index contributed by atoms with van der Waals surface area (Å²) >= 11 is 0. The summed E-state index contributed by atoms with van der Waals surface area (Å²) in [5, 5.41) is 0. The van der Waals surface area contributed by atoms with E-state index >= 15 is 0 Å². The molecule has 0 saturated heterocycles. The Bertz CT molecular complexity index is 276. The topological polar surface area (TPSA) is 18.5 Å². The second-order valence-corrected chi connectivity index (χ2v) is 4.18. The Morgan fingerprint density at radius 3 is 2.93 bits per heavy atom. The van der Waals surface area contributed by atoms with Crippen LogP contribution in [0.25, 0.3) is 0 Å². The lowest BCUT2D eigenvalue weighted by atomic mass is 9.93. The molecule has 1 atom stereocenters. The molecule has 0 aromatic heterocycles. The number of ether oxygens (including phenoxy) is 2. The Morgan fingerprint density at radius 1 is 1.36 bits per heavy atom. The maximum Gasteiger partial charge on any atom is 0.0830 e. The van der Waals surface area contributed by atoms with Gasteiger partial charge in [0.05, 0.1) is 25.9 Å². The molecule has 2 nitrogen and oxygen atoms in total. The molecule has 0 spiro atoms. The molecule has 14 heavy (non-hydrogen) atoms. The Balaban J connectivity index is 2.10. The van der Waals surface area contributed by atoms with Gasteiger partial charge in [-0.15, -0.1) is 0 Å². The first kappa shape index (κ1) is 9.94. The van der Waals surface area contributed by atoms with Gasteiger partial charge in [0, 0.05) is 0 Å². The van der Waals surface area contributed by atoms with Crippen molar-refractivity contribution in [2.45, 2.75) is 32.8 Å². The SMILES string of the molecule is CC1=CCOC(C2=C(C)COCC2)C1. The summed E-state index contributed by atoms with van der Waals surface area (Å²) in [6.07, 6.45) is 4.60. The van der Waals surface area contributed by atoms with Gasteiger partial charge in [0.15, 0.2) is 0 Å². The van der Waals surface area contributed by atoms with Gasteiger partial charge < -0.3 is 9.47 Å². The third-order valence-electron chi connectivity index (χ3n) is 3.01. The Labute approximate surface area is 85.6 Å². The van der Waals surface area contributed by atoms with Crippen molar-refractivity contribution >= 4 is 0 Å². The van der Waals surface area contributed by atoms with E-state index in [1.54, 1.807) is 0 Å². The van der Waals surface area contributed by atoms with Gasteiger partial charge in [0.1, 0.15) is 0 Å². The zero-order valence-corrected chi connectivity index (χ0v) is 9.01. The van der Waals surface area contributed by atoms with Gasteiger partial charge in [-0.2, -0.15) is 0 Å². The van der Waals surface area contributed by atoms with Crippen molar-refractivity contribution < 1.29 is 9.47 Å². The van der Waals surface area contributed by atoms with Gasteiger partial charge in [-0.05, 0) is 37.8 Å². The molecule has 1 unspecified atom stereocenters. The van der Waals surface area contributed by atoms with Gasteiger partial charge in [-0.25, -0.2) is 0 Å². The summed E-state index contributed by atoms with van der Waals surface area (Å²) in [6, 6.07) is 0. The van der Waals surface area contributed by atoms with E-state index in [4.69, 9.17) is 9.47 Å². The van der Waals surface area contributed by atoms with E-state index in [1.165, 1.54) is 16.7 Å². The van der Waals surface area contributed by atoms with Crippen molar-refractivity contribution in [3.05, 3.63) is 22.8 Å². The van der Waals surface area contributed by atoms with E-state index in [0.717, 1.165) is 32.7 Å². The summed E-state index contributed by atoms with van der Waals surface area (Å²) in [5.41, 5.74) is 4.30. The average Bonchev–Trinajstić information content (AvgIpc) is 2.18. The first-order valence-corrected chi connectivity index (χ1v) is 5.31. The molecule has 2 aliphatic rings. The smallest absolute Gasteiger partial charge is 0.0830 e. The molecular weight excluding hydrogens is 176 g/mol. The molecule has 2 heteroatoms. The van der Waals surface area contributed by atoms with E-state index in [-0.39, 0.29) is 0 Å². The lowest BCUT2D eigenvalue weighted by Crippen LogP contribution is -2.25. The Hall–Kier alpha value is -0.600. The average molecular weight is 194 g/mol. The van der Waals surface area contributed by atoms with Crippen molar-refractivity contribution in [1.29, 1.82) is 0 Å². The molecule has 0 fully saturated rings. The molecule has 0 amide bonds. The first-order chi connectivity index (χ1) is 6.77. The van der Waals surface area contributed by atoms with Gasteiger partial charge >= 0.3 is 0 Å². The van der Waals surface area contributed by atoms with Crippen LogP contribution in [0, 0.1) is 0 Å². The van der Waals surface area contributed by atoms with Crippen LogP contribution in [0.1, 0.15) is 26.7 Å². The van der Waals surface area contributed by atoms with Gasteiger partial charge in [-0.3, -0.25) is 0 Å². The fourth-order valence-electron chi connectivity index (χ4n) is 2.11. The molecule has 0 saturated carbocycles. The van der Waals surface area contributed by atoms with Crippen LogP contribution in [-0.4, -0.2) is 25.9 Å². The minimum atomic E-state index is 0.323. The van der Waals surface area contributed by atoms with Crippen LogP contribution >= 0.6 is 0 Å². The van der Waals surface area contributed by atoms with Crippen LogP contribution in [0.2, 0.25) is 0 Å². The fraction of sp³-hybridized carbons (Fsp3) is 0.667. The van der Waals surface area contributed by atoms with E-state index < -0.39 is 0 Å².